The molecule has 0 unspecified atom stereocenters. The van der Waals surface area contributed by atoms with E-state index in [4.69, 9.17) is 11.6 Å². The summed E-state index contributed by atoms with van der Waals surface area (Å²) in [6.07, 6.45) is 7.31. The first kappa shape index (κ1) is 24.8. The van der Waals surface area contributed by atoms with E-state index in [9.17, 15) is 13.2 Å². The molecular weight excluding hydrogens is 512 g/mol. The zero-order valence-electron chi connectivity index (χ0n) is 18.7. The lowest BCUT2D eigenvalue weighted by Crippen LogP contribution is -2.19. The van der Waals surface area contributed by atoms with Crippen molar-refractivity contribution in [2.75, 3.05) is 34.5 Å². The van der Waals surface area contributed by atoms with Crippen LogP contribution in [0.15, 0.2) is 43.0 Å². The summed E-state index contributed by atoms with van der Waals surface area (Å²) in [7, 11) is -3.01. The van der Waals surface area contributed by atoms with Gasteiger partial charge in [0, 0.05) is 47.6 Å². The number of anilines is 3. The summed E-state index contributed by atoms with van der Waals surface area (Å²) in [6, 6.07) is 6.48. The standard InChI is InChI=1S/C21H23ClN8O3S2/c1-35(32,33)9-3-8-30-12-17-18(29-30)19(26-13-25-17)23-7-6-16-11-24-21(34-16)28-20(31)27-15-5-2-4-14(22)10-15/h2,4-5,10-13H,3,6-9H2,1H3,(H,23,25,26)(H2,24,27,28,31). The number of benzene rings is 1. The maximum absolute atomic E-state index is 12.2. The van der Waals surface area contributed by atoms with Crippen molar-refractivity contribution in [2.24, 2.45) is 0 Å². The largest absolute Gasteiger partial charge is 0.368 e. The lowest BCUT2D eigenvalue weighted by molar-refractivity contribution is 0.262. The summed E-state index contributed by atoms with van der Waals surface area (Å²) in [6.45, 7) is 1.05. The van der Waals surface area contributed by atoms with Crippen LogP contribution in [0.1, 0.15) is 11.3 Å². The molecule has 0 spiro atoms. The monoisotopic (exact) mass is 534 g/mol. The number of carbonyl (C=O) groups is 1. The molecule has 4 aromatic rings. The van der Waals surface area contributed by atoms with Gasteiger partial charge in [-0.25, -0.2) is 28.2 Å². The van der Waals surface area contributed by atoms with Crippen LogP contribution in [0.3, 0.4) is 0 Å². The Bertz CT molecular complexity index is 1440. The van der Waals surface area contributed by atoms with Crippen molar-refractivity contribution < 1.29 is 13.2 Å². The predicted molar refractivity (Wildman–Crippen MR) is 138 cm³/mol. The van der Waals surface area contributed by atoms with Crippen LogP contribution in [0.25, 0.3) is 11.0 Å². The molecule has 0 saturated heterocycles. The van der Waals surface area contributed by atoms with Crippen LogP contribution >= 0.6 is 22.9 Å². The van der Waals surface area contributed by atoms with Gasteiger partial charge in [0.15, 0.2) is 16.5 Å². The molecule has 3 N–H and O–H groups in total. The second-order valence-electron chi connectivity index (χ2n) is 7.73. The number of carbonyl (C=O) groups excluding carboxylic acids is 1. The summed E-state index contributed by atoms with van der Waals surface area (Å²) in [4.78, 5) is 25.9. The summed E-state index contributed by atoms with van der Waals surface area (Å²) >= 11 is 7.31. The van der Waals surface area contributed by atoms with Crippen LogP contribution in [0.4, 0.5) is 21.4 Å². The average molecular weight is 535 g/mol. The molecule has 4 rings (SSSR count). The zero-order chi connectivity index (χ0) is 24.8. The third kappa shape index (κ3) is 7.34. The summed E-state index contributed by atoms with van der Waals surface area (Å²) in [5, 5.41) is 14.2. The smallest absolute Gasteiger partial charge is 0.325 e. The van der Waals surface area contributed by atoms with Crippen LogP contribution in [-0.4, -0.2) is 57.7 Å². The number of aryl methyl sites for hydroxylation is 1. The molecule has 14 heteroatoms. The van der Waals surface area contributed by atoms with Crippen LogP contribution in [0, 0.1) is 0 Å². The first-order chi connectivity index (χ1) is 16.7. The van der Waals surface area contributed by atoms with Crippen molar-refractivity contribution >= 4 is 66.5 Å². The Labute approximate surface area is 210 Å². The number of hydrogen-bond donors (Lipinski definition) is 3. The maximum Gasteiger partial charge on any atom is 0.325 e. The summed E-state index contributed by atoms with van der Waals surface area (Å²) < 4.78 is 24.3. The van der Waals surface area contributed by atoms with E-state index < -0.39 is 15.9 Å². The van der Waals surface area contributed by atoms with Crippen molar-refractivity contribution in [3.63, 3.8) is 0 Å². The van der Waals surface area contributed by atoms with E-state index in [-0.39, 0.29) is 5.75 Å². The third-order valence-corrected chi connectivity index (χ3v) is 7.01. The highest BCUT2D eigenvalue weighted by molar-refractivity contribution is 7.90. The SMILES string of the molecule is CS(=O)(=O)CCCn1cc2ncnc(NCCc3cnc(NC(=O)Nc4cccc(Cl)c4)s3)c2n1. The third-order valence-electron chi connectivity index (χ3n) is 4.77. The van der Waals surface area contributed by atoms with Gasteiger partial charge in [-0.2, -0.15) is 5.10 Å². The molecule has 2 amide bonds. The van der Waals surface area contributed by atoms with E-state index in [1.54, 1.807) is 41.3 Å². The molecule has 0 saturated carbocycles. The average Bonchev–Trinajstić information content (AvgIpc) is 3.39. The van der Waals surface area contributed by atoms with Crippen molar-refractivity contribution in [3.8, 4) is 0 Å². The van der Waals surface area contributed by atoms with Gasteiger partial charge in [-0.05, 0) is 24.6 Å². The van der Waals surface area contributed by atoms with Crippen molar-refractivity contribution in [2.45, 2.75) is 19.4 Å². The molecule has 0 aliphatic carbocycles. The van der Waals surface area contributed by atoms with Crippen molar-refractivity contribution in [1.82, 2.24) is 24.7 Å². The van der Waals surface area contributed by atoms with Gasteiger partial charge in [-0.1, -0.05) is 17.7 Å². The Morgan fingerprint density at radius 3 is 2.86 bits per heavy atom. The number of urea groups is 1. The number of fused-ring (bicyclic) bond motifs is 1. The van der Waals surface area contributed by atoms with Gasteiger partial charge in [-0.3, -0.25) is 10.00 Å². The van der Waals surface area contributed by atoms with Crippen LogP contribution in [0.2, 0.25) is 5.02 Å². The summed E-state index contributed by atoms with van der Waals surface area (Å²) in [5.41, 5.74) is 1.89. The number of sulfone groups is 1. The Balaban J connectivity index is 1.29. The number of amides is 2. The van der Waals surface area contributed by atoms with Gasteiger partial charge in [0.1, 0.15) is 21.7 Å². The topological polar surface area (TPSA) is 144 Å². The van der Waals surface area contributed by atoms with Crippen molar-refractivity contribution in [3.05, 3.63) is 52.9 Å². The Morgan fingerprint density at radius 2 is 2.06 bits per heavy atom. The van der Waals surface area contributed by atoms with E-state index >= 15 is 0 Å². The predicted octanol–water partition coefficient (Wildman–Crippen LogP) is 3.67. The highest BCUT2D eigenvalue weighted by Gasteiger charge is 2.11. The van der Waals surface area contributed by atoms with Crippen LogP contribution < -0.4 is 16.0 Å². The number of hydrogen-bond acceptors (Lipinski definition) is 9. The molecule has 0 bridgehead atoms. The molecular formula is C21H23ClN8O3S2. The highest BCUT2D eigenvalue weighted by atomic mass is 35.5. The fourth-order valence-corrected chi connectivity index (χ4v) is 4.88. The number of nitrogens with zero attached hydrogens (tertiary/aromatic N) is 5. The number of halogens is 1. The molecule has 0 aliphatic rings. The van der Waals surface area contributed by atoms with E-state index in [2.05, 4.69) is 36.0 Å². The van der Waals surface area contributed by atoms with Crippen LogP contribution in [0.5, 0.6) is 0 Å². The number of nitrogens with one attached hydrogen (secondary N) is 3. The lowest BCUT2D eigenvalue weighted by atomic mass is 10.3. The molecule has 35 heavy (non-hydrogen) atoms. The number of rotatable bonds is 10. The second kappa shape index (κ2) is 11.0. The molecule has 3 aromatic heterocycles. The normalized spacial score (nSPS) is 11.5. The van der Waals surface area contributed by atoms with Crippen molar-refractivity contribution in [1.29, 1.82) is 0 Å². The van der Waals surface area contributed by atoms with Gasteiger partial charge >= 0.3 is 6.03 Å². The van der Waals surface area contributed by atoms with E-state index in [1.165, 1.54) is 23.9 Å². The first-order valence-corrected chi connectivity index (χ1v) is 13.9. The minimum atomic E-state index is -3.01. The van der Waals surface area contributed by atoms with E-state index in [0.29, 0.717) is 58.6 Å². The minimum absolute atomic E-state index is 0.105. The molecule has 0 fully saturated rings. The first-order valence-electron chi connectivity index (χ1n) is 10.6. The Hall–Kier alpha value is -3.29. The zero-order valence-corrected chi connectivity index (χ0v) is 21.1. The van der Waals surface area contributed by atoms with Gasteiger partial charge in [-0.15, -0.1) is 11.3 Å². The van der Waals surface area contributed by atoms with Gasteiger partial charge in [0.25, 0.3) is 0 Å². The maximum atomic E-state index is 12.2. The fraction of sp³-hybridized carbons (Fsp3) is 0.286. The van der Waals surface area contributed by atoms with Gasteiger partial charge in [0.05, 0.1) is 11.9 Å². The molecule has 0 aliphatic heterocycles. The van der Waals surface area contributed by atoms with Gasteiger partial charge < -0.3 is 10.6 Å². The molecule has 0 radical (unpaired) electrons. The number of aromatic nitrogens is 5. The fourth-order valence-electron chi connectivity index (χ4n) is 3.23. The summed E-state index contributed by atoms with van der Waals surface area (Å²) in [5.74, 6) is 0.703. The second-order valence-corrected chi connectivity index (χ2v) is 11.5. The molecule has 0 atom stereocenters. The molecule has 184 valence electrons. The Morgan fingerprint density at radius 1 is 1.20 bits per heavy atom. The molecule has 1 aromatic carbocycles. The quantitative estimate of drug-likeness (QED) is 0.279. The van der Waals surface area contributed by atoms with E-state index in [0.717, 1.165) is 4.88 Å². The minimum Gasteiger partial charge on any atom is -0.368 e. The lowest BCUT2D eigenvalue weighted by Gasteiger charge is -2.05. The Kier molecular flexibility index (Phi) is 7.78. The number of thiazole rings is 1. The van der Waals surface area contributed by atoms with Crippen LogP contribution in [-0.2, 0) is 22.8 Å². The molecule has 3 heterocycles. The highest BCUT2D eigenvalue weighted by Crippen LogP contribution is 2.21. The van der Waals surface area contributed by atoms with E-state index in [1.807, 2.05) is 0 Å². The van der Waals surface area contributed by atoms with Gasteiger partial charge in [0.2, 0.25) is 0 Å². The molecule has 11 nitrogen and oxygen atoms in total.